The summed E-state index contributed by atoms with van der Waals surface area (Å²) in [7, 11) is 0. The summed E-state index contributed by atoms with van der Waals surface area (Å²) in [4.78, 5) is 12.0. The zero-order valence-corrected chi connectivity index (χ0v) is 12.1. The molecule has 3 nitrogen and oxygen atoms in total. The van der Waals surface area contributed by atoms with E-state index in [2.05, 4.69) is 5.32 Å². The van der Waals surface area contributed by atoms with Crippen molar-refractivity contribution in [3.05, 3.63) is 29.8 Å². The lowest BCUT2D eigenvalue weighted by atomic mass is 10.0. The minimum Gasteiger partial charge on any atom is -0.379 e. The number of benzene rings is 1. The Labute approximate surface area is 124 Å². The molecule has 2 rings (SSSR count). The Bertz CT molecular complexity index is 513. The van der Waals surface area contributed by atoms with Crippen LogP contribution in [0.25, 0.3) is 0 Å². The predicted molar refractivity (Wildman–Crippen MR) is 76.3 cm³/mol. The highest BCUT2D eigenvalue weighted by Crippen LogP contribution is 2.29. The Balaban J connectivity index is 1.99. The summed E-state index contributed by atoms with van der Waals surface area (Å²) in [6.45, 7) is 0. The number of hydrogen-bond donors (Lipinski definition) is 2. The number of carbonyl (C=O) groups is 1. The summed E-state index contributed by atoms with van der Waals surface area (Å²) in [5, 5.41) is 12.7. The molecule has 1 amide bonds. The number of amides is 1. The summed E-state index contributed by atoms with van der Waals surface area (Å²) in [5.74, 6) is 0.558. The fourth-order valence-electron chi connectivity index (χ4n) is 2.07. The van der Waals surface area contributed by atoms with Gasteiger partial charge in [-0.1, -0.05) is 12.1 Å². The number of rotatable bonds is 4. The molecule has 116 valence electrons. The van der Waals surface area contributed by atoms with E-state index in [0.717, 1.165) is 5.75 Å². The lowest BCUT2D eigenvalue weighted by molar-refractivity contribution is -0.134. The minimum atomic E-state index is -4.20. The molecule has 0 bridgehead atoms. The van der Waals surface area contributed by atoms with E-state index in [4.69, 9.17) is 0 Å². The lowest BCUT2D eigenvalue weighted by Gasteiger charge is -2.20. The number of alkyl halides is 3. The summed E-state index contributed by atoms with van der Waals surface area (Å²) >= 11 is 1.50. The van der Waals surface area contributed by atoms with Crippen LogP contribution in [0.2, 0.25) is 0 Å². The van der Waals surface area contributed by atoms with E-state index in [-0.39, 0.29) is 6.42 Å². The van der Waals surface area contributed by atoms with E-state index in [1.165, 1.54) is 17.8 Å². The van der Waals surface area contributed by atoms with Gasteiger partial charge in [0.05, 0.1) is 0 Å². The fraction of sp³-hybridized carbons (Fsp3) is 0.500. The summed E-state index contributed by atoms with van der Waals surface area (Å²) in [6.07, 6.45) is -4.84. The van der Waals surface area contributed by atoms with Gasteiger partial charge in [-0.05, 0) is 36.3 Å². The van der Waals surface area contributed by atoms with Crippen LogP contribution in [0.3, 0.4) is 0 Å². The molecule has 0 aromatic heterocycles. The second-order valence-electron chi connectivity index (χ2n) is 5.10. The molecule has 1 aliphatic rings. The van der Waals surface area contributed by atoms with E-state index in [1.54, 1.807) is 18.2 Å². The third-order valence-electron chi connectivity index (χ3n) is 3.31. The Morgan fingerprint density at radius 2 is 2.19 bits per heavy atom. The normalized spacial score (nSPS) is 22.3. The van der Waals surface area contributed by atoms with E-state index in [0.29, 0.717) is 23.4 Å². The number of nitrogens with one attached hydrogen (secondary N) is 1. The van der Waals surface area contributed by atoms with Crippen LogP contribution in [0.5, 0.6) is 0 Å². The zero-order chi connectivity index (χ0) is 15.5. The van der Waals surface area contributed by atoms with Crippen LogP contribution in [0.1, 0.15) is 18.4 Å². The third kappa shape index (κ3) is 4.64. The van der Waals surface area contributed by atoms with Crippen molar-refractivity contribution in [2.75, 3.05) is 16.8 Å². The van der Waals surface area contributed by atoms with Crippen molar-refractivity contribution in [1.29, 1.82) is 0 Å². The molecule has 0 radical (unpaired) electrons. The molecule has 1 aromatic rings. The van der Waals surface area contributed by atoms with Crippen molar-refractivity contribution in [3.63, 3.8) is 0 Å². The molecule has 0 spiro atoms. The third-order valence-corrected chi connectivity index (χ3v) is 4.48. The van der Waals surface area contributed by atoms with Crippen LogP contribution in [0.4, 0.5) is 18.9 Å². The van der Waals surface area contributed by atoms with Gasteiger partial charge in [-0.3, -0.25) is 4.79 Å². The van der Waals surface area contributed by atoms with Gasteiger partial charge >= 0.3 is 6.18 Å². The second kappa shape index (κ2) is 6.27. The number of aliphatic hydroxyl groups is 1. The fourth-order valence-corrected chi connectivity index (χ4v) is 3.31. The van der Waals surface area contributed by atoms with Crippen LogP contribution >= 0.6 is 11.8 Å². The summed E-state index contributed by atoms with van der Waals surface area (Å²) in [5.41, 5.74) is -0.477. The molecule has 1 aromatic carbocycles. The van der Waals surface area contributed by atoms with E-state index in [1.807, 2.05) is 0 Å². The smallest absolute Gasteiger partial charge is 0.379 e. The van der Waals surface area contributed by atoms with Crippen molar-refractivity contribution in [3.8, 4) is 0 Å². The highest BCUT2D eigenvalue weighted by molar-refractivity contribution is 7.99. The van der Waals surface area contributed by atoms with Gasteiger partial charge in [0.15, 0.2) is 5.60 Å². The molecule has 1 saturated heterocycles. The zero-order valence-electron chi connectivity index (χ0n) is 11.2. The van der Waals surface area contributed by atoms with Gasteiger partial charge in [-0.2, -0.15) is 24.9 Å². The topological polar surface area (TPSA) is 49.3 Å². The maximum absolute atomic E-state index is 12.2. The summed E-state index contributed by atoms with van der Waals surface area (Å²) < 4.78 is 36.6. The molecule has 1 heterocycles. The highest BCUT2D eigenvalue weighted by Gasteiger charge is 2.39. The van der Waals surface area contributed by atoms with Gasteiger partial charge in [0.2, 0.25) is 0 Å². The molecule has 2 N–H and O–H groups in total. The van der Waals surface area contributed by atoms with Crippen LogP contribution in [-0.4, -0.2) is 34.3 Å². The van der Waals surface area contributed by atoms with E-state index < -0.39 is 24.1 Å². The van der Waals surface area contributed by atoms with E-state index in [9.17, 15) is 23.1 Å². The molecule has 1 aliphatic heterocycles. The van der Waals surface area contributed by atoms with Crippen molar-refractivity contribution in [1.82, 2.24) is 0 Å². The number of aryl methyl sites for hydroxylation is 1. The quantitative estimate of drug-likeness (QED) is 0.897. The average molecular weight is 319 g/mol. The Hall–Kier alpha value is -1.21. The predicted octanol–water partition coefficient (Wildman–Crippen LogP) is 2.99. The molecule has 1 fully saturated rings. The first-order valence-electron chi connectivity index (χ1n) is 6.56. The molecular formula is C14H16F3NO2S. The standard InChI is InChI=1S/C14H16F3NO2S/c15-14(16,17)5-4-10-2-1-3-11(8-10)18-12(19)13(20)6-7-21-9-13/h1-3,8,20H,4-7,9H2,(H,18,19). The number of halogens is 3. The van der Waals surface area contributed by atoms with Crippen LogP contribution in [0, 0.1) is 0 Å². The first-order valence-corrected chi connectivity index (χ1v) is 7.71. The molecule has 1 unspecified atom stereocenters. The average Bonchev–Trinajstić information content (AvgIpc) is 2.84. The van der Waals surface area contributed by atoms with Crippen molar-refractivity contribution >= 4 is 23.4 Å². The monoisotopic (exact) mass is 319 g/mol. The van der Waals surface area contributed by atoms with E-state index >= 15 is 0 Å². The van der Waals surface area contributed by atoms with Gasteiger partial charge in [-0.25, -0.2) is 0 Å². The summed E-state index contributed by atoms with van der Waals surface area (Å²) in [6, 6.07) is 6.28. The Kier molecular flexibility index (Phi) is 4.83. The Morgan fingerprint density at radius 3 is 2.81 bits per heavy atom. The van der Waals surface area contributed by atoms with Crippen molar-refractivity contribution in [2.24, 2.45) is 0 Å². The minimum absolute atomic E-state index is 0.132. The highest BCUT2D eigenvalue weighted by atomic mass is 32.2. The molecule has 1 atom stereocenters. The molecule has 0 aliphatic carbocycles. The van der Waals surface area contributed by atoms with Crippen LogP contribution in [-0.2, 0) is 11.2 Å². The maximum Gasteiger partial charge on any atom is 0.389 e. The Morgan fingerprint density at radius 1 is 1.43 bits per heavy atom. The number of anilines is 1. The molecular weight excluding hydrogens is 303 g/mol. The van der Waals surface area contributed by atoms with Crippen molar-refractivity contribution < 1.29 is 23.1 Å². The van der Waals surface area contributed by atoms with Crippen LogP contribution in [0.15, 0.2) is 24.3 Å². The second-order valence-corrected chi connectivity index (χ2v) is 6.21. The molecule has 7 heteroatoms. The van der Waals surface area contributed by atoms with Gasteiger partial charge in [-0.15, -0.1) is 0 Å². The molecule has 0 saturated carbocycles. The first kappa shape index (κ1) is 16.2. The van der Waals surface area contributed by atoms with Gasteiger partial charge < -0.3 is 10.4 Å². The number of carbonyl (C=O) groups excluding carboxylic acids is 1. The van der Waals surface area contributed by atoms with Gasteiger partial charge in [0.1, 0.15) is 0 Å². The SMILES string of the molecule is O=C(Nc1cccc(CCC(F)(F)F)c1)C1(O)CCSC1. The number of hydrogen-bond acceptors (Lipinski definition) is 3. The van der Waals surface area contributed by atoms with Crippen molar-refractivity contribution in [2.45, 2.75) is 31.0 Å². The number of thioether (sulfide) groups is 1. The van der Waals surface area contributed by atoms with Gasteiger partial charge in [0.25, 0.3) is 5.91 Å². The maximum atomic E-state index is 12.2. The lowest BCUT2D eigenvalue weighted by Crippen LogP contribution is -2.42. The largest absolute Gasteiger partial charge is 0.389 e. The van der Waals surface area contributed by atoms with Crippen LogP contribution < -0.4 is 5.32 Å². The molecule has 21 heavy (non-hydrogen) atoms. The first-order chi connectivity index (χ1) is 9.78. The van der Waals surface area contributed by atoms with Gasteiger partial charge in [0, 0.05) is 17.9 Å².